The van der Waals surface area contributed by atoms with E-state index >= 15 is 0 Å². The van der Waals surface area contributed by atoms with Crippen molar-refractivity contribution in [1.29, 1.82) is 0 Å². The molecule has 0 bridgehead atoms. The summed E-state index contributed by atoms with van der Waals surface area (Å²) in [5.41, 5.74) is 6.65. The van der Waals surface area contributed by atoms with Gasteiger partial charge in [0.1, 0.15) is 5.75 Å². The summed E-state index contributed by atoms with van der Waals surface area (Å²) >= 11 is 6.15. The monoisotopic (exact) mass is 255 g/mol. The lowest BCUT2D eigenvalue weighted by Crippen LogP contribution is -2.12. The van der Waals surface area contributed by atoms with Gasteiger partial charge in [-0.3, -0.25) is 0 Å². The maximum absolute atomic E-state index is 6.15. The Morgan fingerprint density at radius 3 is 3.00 bits per heavy atom. The zero-order valence-electron chi connectivity index (χ0n) is 9.82. The van der Waals surface area contributed by atoms with Crippen LogP contribution in [0.3, 0.4) is 0 Å². The van der Waals surface area contributed by atoms with Crippen LogP contribution in [-0.4, -0.2) is 26.4 Å². The summed E-state index contributed by atoms with van der Waals surface area (Å²) < 4.78 is 11.0. The topological polar surface area (TPSA) is 44.5 Å². The SMILES string of the molecule is NCCc1ccc(OCC2CCOC2)c(Cl)c1. The Morgan fingerprint density at radius 2 is 2.35 bits per heavy atom. The Kier molecular flexibility index (Phi) is 4.66. The van der Waals surface area contributed by atoms with Gasteiger partial charge in [-0.1, -0.05) is 17.7 Å². The Hall–Kier alpha value is -0.770. The standard InChI is InChI=1S/C13H18ClNO2/c14-12-7-10(3-5-15)1-2-13(12)17-9-11-4-6-16-8-11/h1-2,7,11H,3-6,8-9,15H2. The highest BCUT2D eigenvalue weighted by Gasteiger charge is 2.16. The van der Waals surface area contributed by atoms with Crippen molar-refractivity contribution in [2.75, 3.05) is 26.4 Å². The molecule has 0 saturated carbocycles. The average molecular weight is 256 g/mol. The highest BCUT2D eigenvalue weighted by atomic mass is 35.5. The minimum atomic E-state index is 0.495. The van der Waals surface area contributed by atoms with Crippen LogP contribution in [0.1, 0.15) is 12.0 Å². The summed E-state index contributed by atoms with van der Waals surface area (Å²) in [4.78, 5) is 0. The molecule has 0 radical (unpaired) electrons. The Bertz CT molecular complexity index is 364. The van der Waals surface area contributed by atoms with Gasteiger partial charge in [-0.05, 0) is 37.1 Å². The first-order valence-electron chi connectivity index (χ1n) is 5.98. The van der Waals surface area contributed by atoms with Gasteiger partial charge in [0, 0.05) is 12.5 Å². The molecule has 94 valence electrons. The Balaban J connectivity index is 1.91. The molecular formula is C13H18ClNO2. The molecule has 3 nitrogen and oxygen atoms in total. The van der Waals surface area contributed by atoms with Crippen molar-refractivity contribution in [3.8, 4) is 5.75 Å². The van der Waals surface area contributed by atoms with Crippen LogP contribution in [0.2, 0.25) is 5.02 Å². The average Bonchev–Trinajstić information content (AvgIpc) is 2.81. The zero-order chi connectivity index (χ0) is 12.1. The molecule has 4 heteroatoms. The summed E-state index contributed by atoms with van der Waals surface area (Å²) in [5, 5.41) is 0.662. The van der Waals surface area contributed by atoms with Crippen molar-refractivity contribution in [2.45, 2.75) is 12.8 Å². The molecule has 1 atom stereocenters. The van der Waals surface area contributed by atoms with E-state index in [1.54, 1.807) is 0 Å². The lowest BCUT2D eigenvalue weighted by atomic mass is 10.1. The van der Waals surface area contributed by atoms with Gasteiger partial charge in [0.15, 0.2) is 0 Å². The number of ether oxygens (including phenoxy) is 2. The smallest absolute Gasteiger partial charge is 0.137 e. The largest absolute Gasteiger partial charge is 0.492 e. The molecule has 1 saturated heterocycles. The van der Waals surface area contributed by atoms with Crippen LogP contribution in [0.25, 0.3) is 0 Å². The highest BCUT2D eigenvalue weighted by Crippen LogP contribution is 2.26. The minimum Gasteiger partial charge on any atom is -0.492 e. The highest BCUT2D eigenvalue weighted by molar-refractivity contribution is 6.32. The van der Waals surface area contributed by atoms with Gasteiger partial charge in [0.05, 0.1) is 18.2 Å². The second-order valence-electron chi connectivity index (χ2n) is 4.34. The van der Waals surface area contributed by atoms with Crippen molar-refractivity contribution in [1.82, 2.24) is 0 Å². The van der Waals surface area contributed by atoms with Crippen molar-refractivity contribution >= 4 is 11.6 Å². The molecule has 1 aromatic rings. The molecule has 0 amide bonds. The summed E-state index contributed by atoms with van der Waals surface area (Å²) in [7, 11) is 0. The lowest BCUT2D eigenvalue weighted by molar-refractivity contribution is 0.167. The fourth-order valence-electron chi connectivity index (χ4n) is 1.91. The molecule has 0 aliphatic carbocycles. The van der Waals surface area contributed by atoms with E-state index in [9.17, 15) is 0 Å². The molecule has 1 unspecified atom stereocenters. The van der Waals surface area contributed by atoms with E-state index in [0.29, 0.717) is 24.1 Å². The first-order chi connectivity index (χ1) is 8.29. The van der Waals surface area contributed by atoms with Gasteiger partial charge >= 0.3 is 0 Å². The maximum atomic E-state index is 6.15. The third-order valence-corrected chi connectivity index (χ3v) is 3.22. The molecule has 2 N–H and O–H groups in total. The summed E-state index contributed by atoms with van der Waals surface area (Å²) in [5.74, 6) is 1.24. The number of hydrogen-bond acceptors (Lipinski definition) is 3. The maximum Gasteiger partial charge on any atom is 0.137 e. The van der Waals surface area contributed by atoms with Crippen molar-refractivity contribution in [3.05, 3.63) is 28.8 Å². The summed E-state index contributed by atoms with van der Waals surface area (Å²) in [6, 6.07) is 5.86. The molecular weight excluding hydrogens is 238 g/mol. The fraction of sp³-hybridized carbons (Fsp3) is 0.538. The van der Waals surface area contributed by atoms with Crippen molar-refractivity contribution in [3.63, 3.8) is 0 Å². The molecule has 1 aliphatic rings. The number of halogens is 1. The van der Waals surface area contributed by atoms with E-state index < -0.39 is 0 Å². The van der Waals surface area contributed by atoms with Crippen LogP contribution < -0.4 is 10.5 Å². The van der Waals surface area contributed by atoms with E-state index in [0.717, 1.165) is 37.4 Å². The molecule has 0 aromatic heterocycles. The van der Waals surface area contributed by atoms with Crippen LogP contribution >= 0.6 is 11.6 Å². The first-order valence-corrected chi connectivity index (χ1v) is 6.36. The predicted molar refractivity (Wildman–Crippen MR) is 68.6 cm³/mol. The summed E-state index contributed by atoms with van der Waals surface area (Å²) in [6.07, 6.45) is 1.92. The Morgan fingerprint density at radius 1 is 1.47 bits per heavy atom. The van der Waals surface area contributed by atoms with Gasteiger partial charge in [0.2, 0.25) is 0 Å². The quantitative estimate of drug-likeness (QED) is 0.878. The van der Waals surface area contributed by atoms with Crippen LogP contribution in [0.4, 0.5) is 0 Å². The molecule has 0 spiro atoms. The van der Waals surface area contributed by atoms with E-state index in [-0.39, 0.29) is 0 Å². The van der Waals surface area contributed by atoms with E-state index in [1.807, 2.05) is 18.2 Å². The molecule has 1 aliphatic heterocycles. The minimum absolute atomic E-state index is 0.495. The van der Waals surface area contributed by atoms with Crippen LogP contribution in [-0.2, 0) is 11.2 Å². The van der Waals surface area contributed by atoms with Gasteiger partial charge in [0.25, 0.3) is 0 Å². The van der Waals surface area contributed by atoms with E-state index in [4.69, 9.17) is 26.8 Å². The van der Waals surface area contributed by atoms with Gasteiger partial charge in [-0.2, -0.15) is 0 Å². The van der Waals surface area contributed by atoms with Crippen molar-refractivity contribution in [2.24, 2.45) is 11.7 Å². The molecule has 1 fully saturated rings. The number of nitrogens with two attached hydrogens (primary N) is 1. The van der Waals surface area contributed by atoms with Crippen molar-refractivity contribution < 1.29 is 9.47 Å². The molecule has 1 heterocycles. The van der Waals surface area contributed by atoms with Crippen LogP contribution in [0.5, 0.6) is 5.75 Å². The number of hydrogen-bond donors (Lipinski definition) is 1. The third-order valence-electron chi connectivity index (χ3n) is 2.93. The number of rotatable bonds is 5. The molecule has 1 aromatic carbocycles. The fourth-order valence-corrected chi connectivity index (χ4v) is 2.16. The van der Waals surface area contributed by atoms with Gasteiger partial charge < -0.3 is 15.2 Å². The van der Waals surface area contributed by atoms with Gasteiger partial charge in [-0.15, -0.1) is 0 Å². The van der Waals surface area contributed by atoms with E-state index in [1.165, 1.54) is 0 Å². The van der Waals surface area contributed by atoms with Gasteiger partial charge in [-0.25, -0.2) is 0 Å². The molecule has 17 heavy (non-hydrogen) atoms. The lowest BCUT2D eigenvalue weighted by Gasteiger charge is -2.12. The van der Waals surface area contributed by atoms with Crippen LogP contribution in [0, 0.1) is 5.92 Å². The predicted octanol–water partition coefficient (Wildman–Crippen LogP) is 2.26. The normalized spacial score (nSPS) is 19.5. The van der Waals surface area contributed by atoms with Crippen LogP contribution in [0.15, 0.2) is 18.2 Å². The molecule has 2 rings (SSSR count). The Labute approximate surface area is 107 Å². The second-order valence-corrected chi connectivity index (χ2v) is 4.75. The summed E-state index contributed by atoms with van der Waals surface area (Å²) in [6.45, 7) is 2.95. The third kappa shape index (κ3) is 3.60. The first kappa shape index (κ1) is 12.7. The number of benzene rings is 1. The van der Waals surface area contributed by atoms with E-state index in [2.05, 4.69) is 0 Å². The zero-order valence-corrected chi connectivity index (χ0v) is 10.6. The second kappa shape index (κ2) is 6.24.